The van der Waals surface area contributed by atoms with Crippen LogP contribution in [-0.2, 0) is 9.53 Å². The molecule has 2 amide bonds. The zero-order valence-electron chi connectivity index (χ0n) is 20.0. The number of aryl methyl sites for hydroxylation is 2. The smallest absolute Gasteiger partial charge is 0.338 e. The molecule has 1 aromatic heterocycles. The van der Waals surface area contributed by atoms with E-state index in [-0.39, 0.29) is 11.5 Å². The van der Waals surface area contributed by atoms with Gasteiger partial charge < -0.3 is 20.1 Å². The third kappa shape index (κ3) is 5.64. The quantitative estimate of drug-likeness (QED) is 0.375. The number of methoxy groups -OCH3 is 1. The summed E-state index contributed by atoms with van der Waals surface area (Å²) < 4.78 is 10.4. The first-order valence-corrected chi connectivity index (χ1v) is 11.1. The summed E-state index contributed by atoms with van der Waals surface area (Å²) in [5, 5.41) is 5.42. The molecule has 4 rings (SSSR count). The molecule has 9 heteroatoms. The number of nitrogens with one attached hydrogen (secondary N) is 2. The maximum atomic E-state index is 12.5. The van der Waals surface area contributed by atoms with Gasteiger partial charge in [0.15, 0.2) is 6.61 Å². The minimum absolute atomic E-state index is 0.276. The van der Waals surface area contributed by atoms with Crippen LogP contribution in [0.15, 0.2) is 66.7 Å². The first kappa shape index (κ1) is 24.3. The Hall–Kier alpha value is -4.79. The molecule has 0 saturated heterocycles. The number of esters is 1. The number of aromatic nitrogens is 2. The van der Waals surface area contributed by atoms with Crippen molar-refractivity contribution in [3.63, 3.8) is 0 Å². The van der Waals surface area contributed by atoms with Crippen LogP contribution in [0.1, 0.15) is 32.1 Å². The summed E-state index contributed by atoms with van der Waals surface area (Å²) in [6.07, 6.45) is 0. The Morgan fingerprint density at radius 3 is 2.19 bits per heavy atom. The van der Waals surface area contributed by atoms with Crippen LogP contribution in [0.25, 0.3) is 11.0 Å². The molecule has 182 valence electrons. The second kappa shape index (κ2) is 10.6. The molecule has 9 nitrogen and oxygen atoms in total. The van der Waals surface area contributed by atoms with Crippen molar-refractivity contribution in [1.82, 2.24) is 9.97 Å². The summed E-state index contributed by atoms with van der Waals surface area (Å²) >= 11 is 0. The van der Waals surface area contributed by atoms with Crippen molar-refractivity contribution in [2.24, 2.45) is 0 Å². The molecule has 0 aliphatic carbocycles. The lowest BCUT2D eigenvalue weighted by atomic mass is 10.2. The van der Waals surface area contributed by atoms with E-state index >= 15 is 0 Å². The lowest BCUT2D eigenvalue weighted by molar-refractivity contribution is -0.119. The first-order chi connectivity index (χ1) is 17.3. The van der Waals surface area contributed by atoms with E-state index in [2.05, 4.69) is 20.6 Å². The molecule has 0 atom stereocenters. The van der Waals surface area contributed by atoms with E-state index in [0.29, 0.717) is 33.7 Å². The zero-order valence-corrected chi connectivity index (χ0v) is 20.0. The average Bonchev–Trinajstić information content (AvgIpc) is 2.88. The van der Waals surface area contributed by atoms with Gasteiger partial charge in [0.05, 0.1) is 40.8 Å². The van der Waals surface area contributed by atoms with Gasteiger partial charge in [-0.2, -0.15) is 0 Å². The second-order valence-corrected chi connectivity index (χ2v) is 7.95. The van der Waals surface area contributed by atoms with Gasteiger partial charge in [-0.1, -0.05) is 12.1 Å². The summed E-state index contributed by atoms with van der Waals surface area (Å²) in [7, 11) is 1.53. The van der Waals surface area contributed by atoms with Gasteiger partial charge in [0.1, 0.15) is 5.75 Å². The highest BCUT2D eigenvalue weighted by atomic mass is 16.5. The van der Waals surface area contributed by atoms with E-state index in [4.69, 9.17) is 9.47 Å². The highest BCUT2D eigenvalue weighted by molar-refractivity contribution is 6.05. The lowest BCUT2D eigenvalue weighted by Crippen LogP contribution is -2.21. The van der Waals surface area contributed by atoms with Crippen molar-refractivity contribution in [3.05, 3.63) is 89.2 Å². The van der Waals surface area contributed by atoms with Crippen LogP contribution in [0.5, 0.6) is 5.75 Å². The van der Waals surface area contributed by atoms with Gasteiger partial charge in [-0.15, -0.1) is 0 Å². The minimum atomic E-state index is -0.643. The highest BCUT2D eigenvalue weighted by Gasteiger charge is 2.13. The van der Waals surface area contributed by atoms with E-state index in [0.717, 1.165) is 11.4 Å². The predicted octanol–water partition coefficient (Wildman–Crippen LogP) is 4.30. The monoisotopic (exact) mass is 484 g/mol. The first-order valence-electron chi connectivity index (χ1n) is 11.1. The molecule has 0 saturated carbocycles. The van der Waals surface area contributed by atoms with Crippen LogP contribution in [0.2, 0.25) is 0 Å². The molecule has 36 heavy (non-hydrogen) atoms. The summed E-state index contributed by atoms with van der Waals surface area (Å²) in [5.74, 6) is -0.931. The molecular formula is C27H24N4O5. The number of nitrogens with zero attached hydrogens (tertiary/aromatic N) is 2. The Kier molecular flexibility index (Phi) is 7.20. The van der Waals surface area contributed by atoms with E-state index < -0.39 is 18.5 Å². The number of para-hydroxylation sites is 2. The molecule has 0 aliphatic rings. The number of fused-ring (bicyclic) bond motifs is 1. The summed E-state index contributed by atoms with van der Waals surface area (Å²) in [6.45, 7) is 3.25. The molecule has 0 fully saturated rings. The molecule has 2 N–H and O–H groups in total. The molecule has 0 aliphatic heterocycles. The van der Waals surface area contributed by atoms with Gasteiger partial charge >= 0.3 is 5.97 Å². The minimum Gasteiger partial charge on any atom is -0.495 e. The molecular weight excluding hydrogens is 460 g/mol. The van der Waals surface area contributed by atoms with Crippen LogP contribution < -0.4 is 15.4 Å². The van der Waals surface area contributed by atoms with E-state index in [1.807, 2.05) is 13.8 Å². The van der Waals surface area contributed by atoms with Gasteiger partial charge in [0, 0.05) is 11.3 Å². The molecule has 0 bridgehead atoms. The van der Waals surface area contributed by atoms with Gasteiger partial charge in [0.2, 0.25) is 0 Å². The van der Waals surface area contributed by atoms with Gasteiger partial charge in [-0.05, 0) is 68.4 Å². The van der Waals surface area contributed by atoms with E-state index in [1.54, 1.807) is 66.7 Å². The number of carbonyl (C=O) groups excluding carboxylic acids is 3. The van der Waals surface area contributed by atoms with Crippen molar-refractivity contribution in [1.29, 1.82) is 0 Å². The Bertz CT molecular complexity index is 1450. The van der Waals surface area contributed by atoms with E-state index in [9.17, 15) is 14.4 Å². The standard InChI is InChI=1S/C27H24N4O5/c1-16-17(2)29-23-14-19(10-13-21(23)28-16)27(34)36-15-25(32)30-20-11-8-18(9-12-20)26(33)31-22-6-4-5-7-24(22)35-3/h4-14H,15H2,1-3H3,(H,30,32)(H,31,33). The van der Waals surface area contributed by atoms with Gasteiger partial charge in [0.25, 0.3) is 11.8 Å². The number of hydrogen-bond donors (Lipinski definition) is 2. The average molecular weight is 485 g/mol. The fourth-order valence-electron chi connectivity index (χ4n) is 3.42. The molecule has 3 aromatic carbocycles. The summed E-state index contributed by atoms with van der Waals surface area (Å²) in [5.41, 5.74) is 4.52. The molecule has 4 aromatic rings. The topological polar surface area (TPSA) is 120 Å². The number of hydrogen-bond acceptors (Lipinski definition) is 7. The molecule has 0 spiro atoms. The number of anilines is 2. The third-order valence-corrected chi connectivity index (χ3v) is 5.43. The van der Waals surface area contributed by atoms with Crippen molar-refractivity contribution >= 4 is 40.2 Å². The summed E-state index contributed by atoms with van der Waals surface area (Å²) in [6, 6.07) is 18.3. The zero-order chi connectivity index (χ0) is 25.7. The van der Waals surface area contributed by atoms with Gasteiger partial charge in [-0.3, -0.25) is 9.59 Å². The van der Waals surface area contributed by atoms with Crippen molar-refractivity contribution in [2.45, 2.75) is 13.8 Å². The molecule has 1 heterocycles. The highest BCUT2D eigenvalue weighted by Crippen LogP contribution is 2.24. The van der Waals surface area contributed by atoms with Crippen LogP contribution in [0, 0.1) is 13.8 Å². The fourth-order valence-corrected chi connectivity index (χ4v) is 3.42. The molecule has 0 unspecified atom stereocenters. The largest absolute Gasteiger partial charge is 0.495 e. The SMILES string of the molecule is COc1ccccc1NC(=O)c1ccc(NC(=O)COC(=O)c2ccc3nc(C)c(C)nc3c2)cc1. The van der Waals surface area contributed by atoms with Crippen molar-refractivity contribution < 1.29 is 23.9 Å². The normalized spacial score (nSPS) is 10.5. The number of ether oxygens (including phenoxy) is 2. The Balaban J connectivity index is 1.32. The number of amides is 2. The maximum absolute atomic E-state index is 12.5. The third-order valence-electron chi connectivity index (χ3n) is 5.43. The van der Waals surface area contributed by atoms with Crippen LogP contribution in [0.3, 0.4) is 0 Å². The van der Waals surface area contributed by atoms with E-state index in [1.165, 1.54) is 7.11 Å². The predicted molar refractivity (Wildman–Crippen MR) is 135 cm³/mol. The van der Waals surface area contributed by atoms with Crippen LogP contribution >= 0.6 is 0 Å². The van der Waals surface area contributed by atoms with Crippen molar-refractivity contribution in [2.75, 3.05) is 24.4 Å². The van der Waals surface area contributed by atoms with Crippen LogP contribution in [-0.4, -0.2) is 41.5 Å². The Morgan fingerprint density at radius 1 is 0.806 bits per heavy atom. The van der Waals surface area contributed by atoms with Crippen LogP contribution in [0.4, 0.5) is 11.4 Å². The Labute approximate surface area is 207 Å². The second-order valence-electron chi connectivity index (χ2n) is 7.95. The maximum Gasteiger partial charge on any atom is 0.338 e. The fraction of sp³-hybridized carbons (Fsp3) is 0.148. The Morgan fingerprint density at radius 2 is 1.47 bits per heavy atom. The number of benzene rings is 3. The summed E-state index contributed by atoms with van der Waals surface area (Å²) in [4.78, 5) is 46.1. The van der Waals surface area contributed by atoms with Crippen molar-refractivity contribution in [3.8, 4) is 5.75 Å². The van der Waals surface area contributed by atoms with Gasteiger partial charge in [-0.25, -0.2) is 14.8 Å². The lowest BCUT2D eigenvalue weighted by Gasteiger charge is -2.10. The number of carbonyl (C=O) groups is 3. The number of rotatable bonds is 7. The molecule has 0 radical (unpaired) electrons.